The van der Waals surface area contributed by atoms with Gasteiger partial charge in [0.05, 0.1) is 10.9 Å². The summed E-state index contributed by atoms with van der Waals surface area (Å²) in [5, 5.41) is -0.203. The first-order valence-electron chi connectivity index (χ1n) is 6.48. The van der Waals surface area contributed by atoms with Gasteiger partial charge < -0.3 is 4.90 Å². The summed E-state index contributed by atoms with van der Waals surface area (Å²) in [6, 6.07) is 1.49. The first-order valence-corrected chi connectivity index (χ1v) is 6.92. The van der Waals surface area contributed by atoms with Crippen LogP contribution in [-0.4, -0.2) is 29.3 Å². The molecule has 1 fully saturated rings. The molecule has 1 saturated carbocycles. The van der Waals surface area contributed by atoms with Crippen molar-refractivity contribution in [2.24, 2.45) is 0 Å². The number of rotatable bonds is 2. The van der Waals surface area contributed by atoms with Gasteiger partial charge >= 0.3 is 0 Å². The minimum atomic E-state index is -1.63. The smallest absolute Gasteiger partial charge is 0.256 e. The van der Waals surface area contributed by atoms with E-state index in [4.69, 9.17) is 11.6 Å². The molecule has 0 N–H and O–H groups in total. The van der Waals surface area contributed by atoms with E-state index in [0.717, 1.165) is 37.8 Å². The summed E-state index contributed by atoms with van der Waals surface area (Å²) in [5.74, 6) is -5.08. The average Bonchev–Trinajstić information content (AvgIpc) is 2.44. The van der Waals surface area contributed by atoms with Crippen LogP contribution in [0.2, 0.25) is 0 Å². The predicted molar refractivity (Wildman–Crippen MR) is 70.3 cm³/mol. The maximum Gasteiger partial charge on any atom is 0.256 e. The lowest BCUT2D eigenvalue weighted by atomic mass is 9.93. The molecule has 0 saturated heterocycles. The summed E-state index contributed by atoms with van der Waals surface area (Å²) in [7, 11) is 1.51. The zero-order valence-corrected chi connectivity index (χ0v) is 11.8. The Labute approximate surface area is 120 Å². The highest BCUT2D eigenvalue weighted by atomic mass is 35.5. The van der Waals surface area contributed by atoms with Crippen molar-refractivity contribution in [1.82, 2.24) is 4.90 Å². The summed E-state index contributed by atoms with van der Waals surface area (Å²) in [6.45, 7) is 0. The Kier molecular flexibility index (Phi) is 4.58. The Balaban J connectivity index is 2.24. The van der Waals surface area contributed by atoms with Gasteiger partial charge in [-0.2, -0.15) is 0 Å². The quantitative estimate of drug-likeness (QED) is 0.602. The first kappa shape index (κ1) is 15.2. The van der Waals surface area contributed by atoms with Gasteiger partial charge in [-0.1, -0.05) is 12.8 Å². The SMILES string of the molecule is CN(C(=O)c1ccc(F)c(F)c1F)C1CCCCC1Cl. The molecule has 110 valence electrons. The van der Waals surface area contributed by atoms with Crippen LogP contribution in [0.15, 0.2) is 12.1 Å². The Morgan fingerprint density at radius 2 is 1.85 bits per heavy atom. The molecule has 0 bridgehead atoms. The van der Waals surface area contributed by atoms with E-state index < -0.39 is 28.9 Å². The summed E-state index contributed by atoms with van der Waals surface area (Å²) in [5.41, 5.74) is -0.471. The molecule has 0 radical (unpaired) electrons. The van der Waals surface area contributed by atoms with Gasteiger partial charge in [0.15, 0.2) is 17.5 Å². The molecule has 6 heteroatoms. The highest BCUT2D eigenvalue weighted by Gasteiger charge is 2.31. The van der Waals surface area contributed by atoms with E-state index in [2.05, 4.69) is 0 Å². The minimum Gasteiger partial charge on any atom is -0.337 e. The molecule has 0 spiro atoms. The number of alkyl halides is 1. The molecule has 1 aliphatic rings. The van der Waals surface area contributed by atoms with Crippen molar-refractivity contribution >= 4 is 17.5 Å². The molecule has 0 aromatic heterocycles. The van der Waals surface area contributed by atoms with Gasteiger partial charge in [0.1, 0.15) is 0 Å². The van der Waals surface area contributed by atoms with Crippen molar-refractivity contribution < 1.29 is 18.0 Å². The third kappa shape index (κ3) is 2.77. The van der Waals surface area contributed by atoms with Crippen LogP contribution in [0.3, 0.4) is 0 Å². The van der Waals surface area contributed by atoms with Crippen LogP contribution in [0.25, 0.3) is 0 Å². The van der Waals surface area contributed by atoms with E-state index >= 15 is 0 Å². The highest BCUT2D eigenvalue weighted by Crippen LogP contribution is 2.28. The molecule has 0 heterocycles. The lowest BCUT2D eigenvalue weighted by molar-refractivity contribution is 0.0694. The number of nitrogens with zero attached hydrogens (tertiary/aromatic N) is 1. The standard InChI is InChI=1S/C14H15ClF3NO/c1-19(11-5-3-2-4-9(11)15)14(20)8-6-7-10(16)13(18)12(8)17/h6-7,9,11H,2-5H2,1H3. The van der Waals surface area contributed by atoms with E-state index in [0.29, 0.717) is 0 Å². The number of amides is 1. The van der Waals surface area contributed by atoms with Crippen molar-refractivity contribution in [2.45, 2.75) is 37.1 Å². The third-order valence-corrected chi connectivity index (χ3v) is 4.24. The number of hydrogen-bond acceptors (Lipinski definition) is 1. The van der Waals surface area contributed by atoms with Gasteiger partial charge in [-0.25, -0.2) is 13.2 Å². The number of halogens is 4. The molecule has 2 rings (SSSR count). The number of carbonyl (C=O) groups is 1. The van der Waals surface area contributed by atoms with Crippen molar-refractivity contribution in [2.75, 3.05) is 7.05 Å². The summed E-state index contributed by atoms with van der Waals surface area (Å²) >= 11 is 6.18. The van der Waals surface area contributed by atoms with Crippen LogP contribution in [0.5, 0.6) is 0 Å². The van der Waals surface area contributed by atoms with Gasteiger partial charge in [-0.3, -0.25) is 4.79 Å². The third-order valence-electron chi connectivity index (χ3n) is 3.73. The van der Waals surface area contributed by atoms with E-state index in [1.807, 2.05) is 0 Å². The molecule has 1 aromatic rings. The second-order valence-corrected chi connectivity index (χ2v) is 5.57. The van der Waals surface area contributed by atoms with Gasteiger partial charge in [0, 0.05) is 13.1 Å². The zero-order chi connectivity index (χ0) is 14.9. The van der Waals surface area contributed by atoms with Gasteiger partial charge in [0.25, 0.3) is 5.91 Å². The normalized spacial score (nSPS) is 22.6. The molecule has 1 aliphatic carbocycles. The van der Waals surface area contributed by atoms with Crippen molar-refractivity contribution in [3.05, 3.63) is 35.1 Å². The van der Waals surface area contributed by atoms with Gasteiger partial charge in [0.2, 0.25) is 0 Å². The Bertz CT molecular complexity index is 523. The van der Waals surface area contributed by atoms with Crippen molar-refractivity contribution in [3.8, 4) is 0 Å². The Morgan fingerprint density at radius 1 is 1.20 bits per heavy atom. The van der Waals surface area contributed by atoms with Crippen LogP contribution >= 0.6 is 11.6 Å². The second kappa shape index (κ2) is 6.04. The van der Waals surface area contributed by atoms with Crippen LogP contribution in [-0.2, 0) is 0 Å². The molecular formula is C14H15ClF3NO. The van der Waals surface area contributed by atoms with Crippen LogP contribution in [0, 0.1) is 17.5 Å². The second-order valence-electron chi connectivity index (χ2n) is 5.01. The number of benzene rings is 1. The summed E-state index contributed by atoms with van der Waals surface area (Å²) < 4.78 is 39.7. The Hall–Kier alpha value is -1.23. The number of carbonyl (C=O) groups excluding carboxylic acids is 1. The van der Waals surface area contributed by atoms with Crippen LogP contribution < -0.4 is 0 Å². The molecule has 20 heavy (non-hydrogen) atoms. The van der Waals surface area contributed by atoms with Crippen molar-refractivity contribution in [3.63, 3.8) is 0 Å². The summed E-state index contributed by atoms with van der Waals surface area (Å²) in [4.78, 5) is 13.5. The topological polar surface area (TPSA) is 20.3 Å². The van der Waals surface area contributed by atoms with E-state index in [-0.39, 0.29) is 11.4 Å². The fraction of sp³-hybridized carbons (Fsp3) is 0.500. The molecule has 0 aliphatic heterocycles. The molecule has 1 aromatic carbocycles. The van der Waals surface area contributed by atoms with E-state index in [1.165, 1.54) is 11.9 Å². The molecular weight excluding hydrogens is 291 g/mol. The van der Waals surface area contributed by atoms with E-state index in [1.54, 1.807) is 0 Å². The maximum atomic E-state index is 13.6. The van der Waals surface area contributed by atoms with Gasteiger partial charge in [-0.05, 0) is 25.0 Å². The average molecular weight is 306 g/mol. The largest absolute Gasteiger partial charge is 0.337 e. The van der Waals surface area contributed by atoms with E-state index in [9.17, 15) is 18.0 Å². The predicted octanol–water partition coefficient (Wildman–Crippen LogP) is 3.73. The maximum absolute atomic E-state index is 13.6. The molecule has 2 nitrogen and oxygen atoms in total. The Morgan fingerprint density at radius 3 is 2.50 bits per heavy atom. The highest BCUT2D eigenvalue weighted by molar-refractivity contribution is 6.21. The summed E-state index contributed by atoms with van der Waals surface area (Å²) in [6.07, 6.45) is 3.43. The fourth-order valence-electron chi connectivity index (χ4n) is 2.53. The molecule has 1 amide bonds. The van der Waals surface area contributed by atoms with Gasteiger partial charge in [-0.15, -0.1) is 11.6 Å². The lowest BCUT2D eigenvalue weighted by Gasteiger charge is -2.35. The fourth-order valence-corrected chi connectivity index (χ4v) is 2.98. The van der Waals surface area contributed by atoms with Crippen LogP contribution in [0.4, 0.5) is 13.2 Å². The van der Waals surface area contributed by atoms with Crippen LogP contribution in [0.1, 0.15) is 36.0 Å². The lowest BCUT2D eigenvalue weighted by Crippen LogP contribution is -2.44. The monoisotopic (exact) mass is 305 g/mol. The first-order chi connectivity index (χ1) is 9.43. The minimum absolute atomic E-state index is 0.203. The number of hydrogen-bond donors (Lipinski definition) is 0. The molecule has 2 atom stereocenters. The van der Waals surface area contributed by atoms with Crippen molar-refractivity contribution in [1.29, 1.82) is 0 Å². The zero-order valence-electron chi connectivity index (χ0n) is 11.0. The molecule has 2 unspecified atom stereocenters.